The number of esters is 1. The van der Waals surface area contributed by atoms with Crippen molar-refractivity contribution in [2.45, 2.75) is 39.2 Å². The van der Waals surface area contributed by atoms with Crippen LogP contribution in [0.3, 0.4) is 0 Å². The highest BCUT2D eigenvalue weighted by atomic mass is 16.5. The number of nitrogens with two attached hydrogens (primary N) is 1. The maximum Gasteiger partial charge on any atom is 0.306 e. The lowest BCUT2D eigenvalue weighted by atomic mass is 9.92. The number of anilines is 1. The van der Waals surface area contributed by atoms with E-state index in [4.69, 9.17) is 10.5 Å². The highest BCUT2D eigenvalue weighted by Gasteiger charge is 2.14. The van der Waals surface area contributed by atoms with Gasteiger partial charge in [0.1, 0.15) is 0 Å². The summed E-state index contributed by atoms with van der Waals surface area (Å²) < 4.78 is 5.17. The Bertz CT molecular complexity index is 1060. The second-order valence-corrected chi connectivity index (χ2v) is 7.70. The first kappa shape index (κ1) is 23.2. The molecule has 0 saturated heterocycles. The Morgan fingerprint density at radius 2 is 1.88 bits per heavy atom. The highest BCUT2D eigenvalue weighted by molar-refractivity contribution is 6.05. The van der Waals surface area contributed by atoms with Crippen molar-refractivity contribution in [1.82, 2.24) is 4.98 Å². The Labute approximate surface area is 188 Å². The van der Waals surface area contributed by atoms with Crippen LogP contribution in [0.15, 0.2) is 67.0 Å². The molecule has 2 aromatic carbocycles. The summed E-state index contributed by atoms with van der Waals surface area (Å²) in [6.45, 7) is 4.34. The summed E-state index contributed by atoms with van der Waals surface area (Å²) in [7, 11) is 0. The predicted octanol–water partition coefficient (Wildman–Crippen LogP) is 4.91. The van der Waals surface area contributed by atoms with Crippen LogP contribution in [0.25, 0.3) is 11.1 Å². The van der Waals surface area contributed by atoms with E-state index in [1.165, 1.54) is 0 Å². The molecule has 166 valence electrons. The number of hydrogen-bond acceptors (Lipinski definition) is 5. The van der Waals surface area contributed by atoms with Crippen molar-refractivity contribution in [3.8, 4) is 11.1 Å². The number of ether oxygens (including phenoxy) is 1. The average molecular weight is 432 g/mol. The monoisotopic (exact) mass is 431 g/mol. The third-order valence-corrected chi connectivity index (χ3v) is 5.07. The van der Waals surface area contributed by atoms with Gasteiger partial charge in [-0.1, -0.05) is 37.3 Å². The van der Waals surface area contributed by atoms with Gasteiger partial charge in [0.15, 0.2) is 0 Å². The highest BCUT2D eigenvalue weighted by Crippen LogP contribution is 2.30. The first-order chi connectivity index (χ1) is 15.5. The van der Waals surface area contributed by atoms with Crippen LogP contribution < -0.4 is 11.1 Å². The minimum Gasteiger partial charge on any atom is -0.466 e. The molecule has 6 nitrogen and oxygen atoms in total. The van der Waals surface area contributed by atoms with Gasteiger partial charge in [0, 0.05) is 36.1 Å². The number of hydrogen-bond donors (Lipinski definition) is 2. The zero-order valence-electron chi connectivity index (χ0n) is 18.5. The quantitative estimate of drug-likeness (QED) is 0.470. The van der Waals surface area contributed by atoms with Crippen LogP contribution in [0.2, 0.25) is 0 Å². The fraction of sp³-hybridized carbons (Fsp3) is 0.269. The molecule has 0 bridgehead atoms. The number of nitrogens with zero attached hydrogens (tertiary/aromatic N) is 1. The molecule has 3 N–H and O–H groups in total. The lowest BCUT2D eigenvalue weighted by Crippen LogP contribution is -2.13. The lowest BCUT2D eigenvalue weighted by molar-refractivity contribution is -0.143. The fourth-order valence-corrected chi connectivity index (χ4v) is 3.41. The predicted molar refractivity (Wildman–Crippen MR) is 126 cm³/mol. The summed E-state index contributed by atoms with van der Waals surface area (Å²) in [6, 6.07) is 16.8. The Morgan fingerprint density at radius 1 is 1.09 bits per heavy atom. The number of aromatic nitrogens is 1. The van der Waals surface area contributed by atoms with Crippen molar-refractivity contribution < 1.29 is 14.3 Å². The van der Waals surface area contributed by atoms with Crippen molar-refractivity contribution in [2.24, 2.45) is 5.73 Å². The standard InChI is InChI=1S/C26H29N3O3/c1-3-15-32-25(30)10-7-19-5-4-6-20(16-19)24-17-21(8-9-23(24)18(2)27)26(31)29-22-11-13-28-14-12-22/h4-6,8-9,11-14,16-18H,3,7,10,15,27H2,1-2H3,(H,28,29,31). The van der Waals surface area contributed by atoms with Gasteiger partial charge >= 0.3 is 5.97 Å². The summed E-state index contributed by atoms with van der Waals surface area (Å²) in [5.74, 6) is -0.396. The van der Waals surface area contributed by atoms with E-state index < -0.39 is 0 Å². The van der Waals surface area contributed by atoms with Crippen molar-refractivity contribution in [3.05, 3.63) is 83.7 Å². The van der Waals surface area contributed by atoms with Gasteiger partial charge in [-0.25, -0.2) is 0 Å². The molecule has 0 saturated carbocycles. The van der Waals surface area contributed by atoms with E-state index in [1.807, 2.05) is 50.2 Å². The molecule has 1 atom stereocenters. The van der Waals surface area contributed by atoms with E-state index in [0.717, 1.165) is 28.7 Å². The minimum atomic E-state index is -0.205. The van der Waals surface area contributed by atoms with E-state index in [9.17, 15) is 9.59 Å². The topological polar surface area (TPSA) is 94.3 Å². The summed E-state index contributed by atoms with van der Waals surface area (Å²) in [5.41, 5.74) is 11.3. The first-order valence-corrected chi connectivity index (χ1v) is 10.8. The Hall–Kier alpha value is -3.51. The second-order valence-electron chi connectivity index (χ2n) is 7.70. The summed E-state index contributed by atoms with van der Waals surface area (Å²) in [6.07, 6.45) is 4.99. The third kappa shape index (κ3) is 6.25. The van der Waals surface area contributed by atoms with Crippen LogP contribution in [-0.4, -0.2) is 23.5 Å². The number of aryl methyl sites for hydroxylation is 1. The van der Waals surface area contributed by atoms with Gasteiger partial charge in [-0.15, -0.1) is 0 Å². The number of carbonyl (C=O) groups is 2. The molecule has 6 heteroatoms. The van der Waals surface area contributed by atoms with Gasteiger partial charge in [0.2, 0.25) is 0 Å². The van der Waals surface area contributed by atoms with Crippen molar-refractivity contribution in [2.75, 3.05) is 11.9 Å². The Morgan fingerprint density at radius 3 is 2.59 bits per heavy atom. The molecule has 32 heavy (non-hydrogen) atoms. The van der Waals surface area contributed by atoms with Gasteiger partial charge in [-0.2, -0.15) is 0 Å². The van der Waals surface area contributed by atoms with E-state index >= 15 is 0 Å². The fourth-order valence-electron chi connectivity index (χ4n) is 3.41. The molecule has 1 amide bonds. The van der Waals surface area contributed by atoms with Crippen LogP contribution >= 0.6 is 0 Å². The Balaban J connectivity index is 1.84. The number of nitrogens with one attached hydrogen (secondary N) is 1. The largest absolute Gasteiger partial charge is 0.466 e. The van der Waals surface area contributed by atoms with Crippen LogP contribution in [0.4, 0.5) is 5.69 Å². The SMILES string of the molecule is CCCOC(=O)CCc1cccc(-c2cc(C(=O)Nc3ccncc3)ccc2C(C)N)c1. The second kappa shape index (κ2) is 11.2. The minimum absolute atomic E-state index is 0.191. The molecule has 1 heterocycles. The molecule has 0 spiro atoms. The van der Waals surface area contributed by atoms with Crippen LogP contribution in [-0.2, 0) is 16.0 Å². The van der Waals surface area contributed by atoms with E-state index in [2.05, 4.69) is 10.3 Å². The number of benzene rings is 2. The number of rotatable bonds is 9. The normalized spacial score (nSPS) is 11.6. The molecule has 1 aromatic heterocycles. The first-order valence-electron chi connectivity index (χ1n) is 10.8. The van der Waals surface area contributed by atoms with Crippen molar-refractivity contribution >= 4 is 17.6 Å². The molecule has 0 aliphatic rings. The third-order valence-electron chi connectivity index (χ3n) is 5.07. The molecular weight excluding hydrogens is 402 g/mol. The summed E-state index contributed by atoms with van der Waals surface area (Å²) in [4.78, 5) is 28.6. The average Bonchev–Trinajstić information content (AvgIpc) is 2.81. The zero-order chi connectivity index (χ0) is 22.9. The maximum absolute atomic E-state index is 12.8. The van der Waals surface area contributed by atoms with Gasteiger partial charge in [0.05, 0.1) is 6.61 Å². The lowest BCUT2D eigenvalue weighted by Gasteiger charge is -2.16. The maximum atomic E-state index is 12.8. The molecule has 0 aliphatic heterocycles. The van der Waals surface area contributed by atoms with E-state index in [1.54, 1.807) is 30.6 Å². The number of carbonyl (C=O) groups excluding carboxylic acids is 2. The van der Waals surface area contributed by atoms with Gasteiger partial charge in [0.25, 0.3) is 5.91 Å². The Kier molecular flexibility index (Phi) is 8.11. The van der Waals surface area contributed by atoms with Gasteiger partial charge < -0.3 is 15.8 Å². The van der Waals surface area contributed by atoms with Gasteiger partial charge in [-0.05, 0) is 66.3 Å². The molecule has 0 radical (unpaired) electrons. The summed E-state index contributed by atoms with van der Waals surface area (Å²) >= 11 is 0. The molecule has 3 rings (SSSR count). The molecule has 0 fully saturated rings. The van der Waals surface area contributed by atoms with Crippen LogP contribution in [0.5, 0.6) is 0 Å². The van der Waals surface area contributed by atoms with E-state index in [-0.39, 0.29) is 17.9 Å². The molecular formula is C26H29N3O3. The molecule has 3 aromatic rings. The van der Waals surface area contributed by atoms with Crippen molar-refractivity contribution in [1.29, 1.82) is 0 Å². The summed E-state index contributed by atoms with van der Waals surface area (Å²) in [5, 5.41) is 2.88. The smallest absolute Gasteiger partial charge is 0.306 e. The molecule has 1 unspecified atom stereocenters. The van der Waals surface area contributed by atoms with Crippen molar-refractivity contribution in [3.63, 3.8) is 0 Å². The number of amides is 1. The zero-order valence-corrected chi connectivity index (χ0v) is 18.5. The van der Waals surface area contributed by atoms with E-state index in [0.29, 0.717) is 30.7 Å². The number of pyridine rings is 1. The van der Waals surface area contributed by atoms with Gasteiger partial charge in [-0.3, -0.25) is 14.6 Å². The van der Waals surface area contributed by atoms with Crippen LogP contribution in [0.1, 0.15) is 54.2 Å². The van der Waals surface area contributed by atoms with Crippen LogP contribution in [0, 0.1) is 0 Å². The molecule has 0 aliphatic carbocycles.